The number of esters is 4. The predicted octanol–water partition coefficient (Wildman–Crippen LogP) is 2.27. The van der Waals surface area contributed by atoms with Gasteiger partial charge < -0.3 is 44.2 Å². The topological polar surface area (TPSA) is 215 Å². The van der Waals surface area contributed by atoms with E-state index in [1.54, 1.807) is 83.2 Å². The molecule has 8 unspecified atom stereocenters. The number of hydrogen-bond acceptors (Lipinski definition) is 15. The molecule has 2 amide bonds. The van der Waals surface area contributed by atoms with Gasteiger partial charge in [0.2, 0.25) is 12.0 Å². The van der Waals surface area contributed by atoms with E-state index in [-0.39, 0.29) is 57.9 Å². The maximum Gasteiger partial charge on any atom is 0.348 e. The number of aliphatic hydroxyl groups is 1. The van der Waals surface area contributed by atoms with Gasteiger partial charge in [-0.2, -0.15) is 5.06 Å². The lowest BCUT2D eigenvalue weighted by Gasteiger charge is -2.48. The molecular weight excluding hydrogens is 782 g/mol. The van der Waals surface area contributed by atoms with Crippen LogP contribution in [0.4, 0.5) is 0 Å². The zero-order valence-electron chi connectivity index (χ0n) is 34.2. The molecule has 2 aromatic rings. The maximum atomic E-state index is 14.6. The monoisotopic (exact) mass is 833 g/mol. The van der Waals surface area contributed by atoms with Gasteiger partial charge in [0.15, 0.2) is 6.04 Å². The van der Waals surface area contributed by atoms with E-state index in [1.165, 1.54) is 11.1 Å². The zero-order valence-corrected chi connectivity index (χ0v) is 34.2. The van der Waals surface area contributed by atoms with E-state index in [2.05, 4.69) is 10.6 Å². The molecule has 1 aliphatic carbocycles. The van der Waals surface area contributed by atoms with Gasteiger partial charge in [-0.1, -0.05) is 50.2 Å². The van der Waals surface area contributed by atoms with Crippen LogP contribution in [0.1, 0.15) is 80.9 Å². The first-order chi connectivity index (χ1) is 28.5. The SMILES string of the molecule is CC(C)(C)OC(=O)CCC(CO)NC(=O)c1cccc(CNC(=O)C23CC4OC(=O)C2N(Cc2cccc(C=CC(=O)OC5C(=O)OCC5(C)C)c2)OC3C2OCOC42)c1. The van der Waals surface area contributed by atoms with Crippen molar-refractivity contribution in [2.24, 2.45) is 10.8 Å². The van der Waals surface area contributed by atoms with Gasteiger partial charge >= 0.3 is 23.9 Å². The van der Waals surface area contributed by atoms with Crippen LogP contribution in [-0.4, -0.2) is 114 Å². The van der Waals surface area contributed by atoms with E-state index in [0.717, 1.165) is 0 Å². The number of ether oxygens (including phenoxy) is 6. The molecule has 5 fully saturated rings. The minimum Gasteiger partial charge on any atom is -0.462 e. The normalized spacial score (nSPS) is 28.4. The number of hydrogen-bond donors (Lipinski definition) is 3. The first-order valence-corrected chi connectivity index (χ1v) is 20.0. The molecule has 8 atom stereocenters. The van der Waals surface area contributed by atoms with Crippen molar-refractivity contribution in [3.8, 4) is 0 Å². The summed E-state index contributed by atoms with van der Waals surface area (Å²) in [6.45, 7) is 8.60. The molecule has 322 valence electrons. The van der Waals surface area contributed by atoms with Crippen LogP contribution < -0.4 is 10.6 Å². The molecule has 17 heteroatoms. The molecule has 4 saturated heterocycles. The summed E-state index contributed by atoms with van der Waals surface area (Å²) in [6.07, 6.45) is -0.946. The second kappa shape index (κ2) is 17.0. The van der Waals surface area contributed by atoms with Crippen LogP contribution in [0.3, 0.4) is 0 Å². The first-order valence-electron chi connectivity index (χ1n) is 20.0. The van der Waals surface area contributed by atoms with Crippen molar-refractivity contribution in [3.05, 3.63) is 76.9 Å². The summed E-state index contributed by atoms with van der Waals surface area (Å²) in [5.41, 5.74) is -0.542. The quantitative estimate of drug-likeness (QED) is 0.142. The van der Waals surface area contributed by atoms with Gasteiger partial charge in [0.25, 0.3) is 5.91 Å². The Balaban J connectivity index is 1.03. The summed E-state index contributed by atoms with van der Waals surface area (Å²) < 4.78 is 33.4. The molecule has 7 rings (SSSR count). The number of aliphatic hydroxyl groups excluding tert-OH is 1. The number of hydroxylamine groups is 2. The number of fused-ring (bicyclic) bond motifs is 4. The van der Waals surface area contributed by atoms with Gasteiger partial charge in [-0.25, -0.2) is 9.59 Å². The van der Waals surface area contributed by atoms with Crippen molar-refractivity contribution in [3.63, 3.8) is 0 Å². The summed E-state index contributed by atoms with van der Waals surface area (Å²) in [7, 11) is 0. The average Bonchev–Trinajstić information content (AvgIpc) is 3.89. The largest absolute Gasteiger partial charge is 0.462 e. The molecule has 2 bridgehead atoms. The van der Waals surface area contributed by atoms with Crippen LogP contribution in [0.25, 0.3) is 6.08 Å². The molecule has 0 spiro atoms. The Morgan fingerprint density at radius 3 is 2.50 bits per heavy atom. The van der Waals surface area contributed by atoms with Crippen molar-refractivity contribution >= 4 is 41.8 Å². The first kappa shape index (κ1) is 42.9. The van der Waals surface area contributed by atoms with E-state index in [1.807, 2.05) is 6.07 Å². The van der Waals surface area contributed by atoms with E-state index in [9.17, 15) is 33.9 Å². The Bertz CT molecular complexity index is 2050. The highest BCUT2D eigenvalue weighted by molar-refractivity contribution is 5.95. The molecule has 3 N–H and O–H groups in total. The molecule has 1 saturated carbocycles. The van der Waals surface area contributed by atoms with Crippen molar-refractivity contribution in [1.82, 2.24) is 15.7 Å². The van der Waals surface area contributed by atoms with Crippen LogP contribution in [0.15, 0.2) is 54.6 Å². The highest BCUT2D eigenvalue weighted by Gasteiger charge is 2.74. The highest BCUT2D eigenvalue weighted by atomic mass is 16.8. The third-order valence-corrected chi connectivity index (χ3v) is 11.3. The number of nitrogens with one attached hydrogen (secondary N) is 2. The average molecular weight is 834 g/mol. The van der Waals surface area contributed by atoms with Crippen molar-refractivity contribution in [2.45, 2.75) is 115 Å². The van der Waals surface area contributed by atoms with E-state index in [4.69, 9.17) is 33.3 Å². The van der Waals surface area contributed by atoms with E-state index >= 15 is 0 Å². The molecular formula is C43H51N3O14. The Labute approximate surface area is 346 Å². The summed E-state index contributed by atoms with van der Waals surface area (Å²) in [6, 6.07) is 11.9. The summed E-state index contributed by atoms with van der Waals surface area (Å²) in [5, 5.41) is 17.1. The molecule has 17 nitrogen and oxygen atoms in total. The van der Waals surface area contributed by atoms with Gasteiger partial charge in [-0.05, 0) is 62.1 Å². The van der Waals surface area contributed by atoms with E-state index in [0.29, 0.717) is 16.7 Å². The lowest BCUT2D eigenvalue weighted by Crippen LogP contribution is -2.69. The lowest BCUT2D eigenvalue weighted by molar-refractivity contribution is -0.201. The van der Waals surface area contributed by atoms with Crippen LogP contribution in [0.5, 0.6) is 0 Å². The van der Waals surface area contributed by atoms with Crippen LogP contribution in [-0.2, 0) is 70.3 Å². The molecule has 0 aromatic heterocycles. The Kier molecular flexibility index (Phi) is 12.2. The van der Waals surface area contributed by atoms with Crippen molar-refractivity contribution in [2.75, 3.05) is 20.0 Å². The smallest absolute Gasteiger partial charge is 0.348 e. The van der Waals surface area contributed by atoms with Gasteiger partial charge in [-0.15, -0.1) is 0 Å². The fourth-order valence-corrected chi connectivity index (χ4v) is 8.39. The lowest BCUT2D eigenvalue weighted by atomic mass is 9.62. The standard InChI is InChI=1S/C43H51N3O14/c1-41(2,3)59-31(49)15-13-28(21-47)45-37(50)27-11-7-9-25(17-27)19-44-40(53)43-18-29-32-33(56-23-55-32)35(43)60-46(34(43)38(51)57-29)20-26-10-6-8-24(16-26)12-14-30(48)58-36-39(52)54-22-42(36,4)5/h6-12,14,16-17,28-29,32-36,47H,13,15,18-23H2,1-5H3,(H,44,53)(H,45,50). The molecule has 2 aromatic carbocycles. The number of carbonyl (C=O) groups is 6. The van der Waals surface area contributed by atoms with Crippen molar-refractivity contribution < 1.29 is 67.1 Å². The Hall–Kier alpha value is -5.20. The third kappa shape index (κ3) is 8.95. The van der Waals surface area contributed by atoms with Gasteiger partial charge in [0.05, 0.1) is 19.2 Å². The number of nitrogens with zero attached hydrogens (tertiary/aromatic N) is 1. The number of amides is 2. The maximum absolute atomic E-state index is 14.6. The summed E-state index contributed by atoms with van der Waals surface area (Å²) in [4.78, 5) is 85.0. The Morgan fingerprint density at radius 1 is 1.02 bits per heavy atom. The molecule has 0 radical (unpaired) electrons. The van der Waals surface area contributed by atoms with Gasteiger partial charge in [0, 0.05) is 36.4 Å². The predicted molar refractivity (Wildman–Crippen MR) is 208 cm³/mol. The molecule has 4 aliphatic heterocycles. The molecule has 5 aliphatic rings. The number of cyclic esters (lactones) is 1. The van der Waals surface area contributed by atoms with E-state index < -0.39 is 94.7 Å². The number of carbonyl (C=O) groups excluding carboxylic acids is 6. The fourth-order valence-electron chi connectivity index (χ4n) is 8.39. The van der Waals surface area contributed by atoms with Gasteiger partial charge in [-0.3, -0.25) is 24.0 Å². The summed E-state index contributed by atoms with van der Waals surface area (Å²) in [5.74, 6) is -3.31. The Morgan fingerprint density at radius 2 is 1.77 bits per heavy atom. The van der Waals surface area contributed by atoms with Crippen molar-refractivity contribution in [1.29, 1.82) is 0 Å². The fraction of sp³-hybridized carbons (Fsp3) is 0.535. The third-order valence-electron chi connectivity index (χ3n) is 11.3. The molecule has 60 heavy (non-hydrogen) atoms. The number of benzene rings is 2. The van der Waals surface area contributed by atoms with Gasteiger partial charge in [0.1, 0.15) is 48.8 Å². The van der Waals surface area contributed by atoms with Crippen LogP contribution in [0, 0.1) is 10.8 Å². The second-order valence-electron chi connectivity index (χ2n) is 17.5. The van der Waals surface area contributed by atoms with Crippen LogP contribution in [0.2, 0.25) is 0 Å². The zero-order chi connectivity index (χ0) is 43.0. The summed E-state index contributed by atoms with van der Waals surface area (Å²) >= 11 is 0. The minimum atomic E-state index is -1.43. The van der Waals surface area contributed by atoms with Crippen LogP contribution >= 0.6 is 0 Å². The molecule has 4 heterocycles. The highest BCUT2D eigenvalue weighted by Crippen LogP contribution is 2.55. The minimum absolute atomic E-state index is 0.00459. The number of rotatable bonds is 14. The second-order valence-corrected chi connectivity index (χ2v) is 17.5.